The van der Waals surface area contributed by atoms with Gasteiger partial charge in [0, 0.05) is 11.6 Å². The summed E-state index contributed by atoms with van der Waals surface area (Å²) >= 11 is 0. The number of nitrogens with two attached hydrogens (primary N) is 1. The van der Waals surface area contributed by atoms with Crippen molar-refractivity contribution in [3.63, 3.8) is 0 Å². The molecule has 0 spiro atoms. The van der Waals surface area contributed by atoms with Crippen molar-refractivity contribution in [3.8, 4) is 0 Å². The molecule has 0 amide bonds. The summed E-state index contributed by atoms with van der Waals surface area (Å²) in [6.45, 7) is 3.96. The molecule has 0 bridgehead atoms. The minimum Gasteiger partial charge on any atom is -0.320 e. The molecule has 1 heterocycles. The highest BCUT2D eigenvalue weighted by molar-refractivity contribution is 7.90. The van der Waals surface area contributed by atoms with Gasteiger partial charge < -0.3 is 5.73 Å². The Kier molecular flexibility index (Phi) is 4.57. The highest BCUT2D eigenvalue weighted by atomic mass is 32.2. The van der Waals surface area contributed by atoms with Gasteiger partial charge in [-0.1, -0.05) is 54.1 Å². The largest absolute Gasteiger partial charge is 0.320 e. The fourth-order valence-corrected chi connectivity index (χ4v) is 4.88. The van der Waals surface area contributed by atoms with E-state index < -0.39 is 10.0 Å². The third-order valence-electron chi connectivity index (χ3n) is 5.09. The van der Waals surface area contributed by atoms with E-state index >= 15 is 0 Å². The first-order valence-electron chi connectivity index (χ1n) is 9.12. The molecule has 5 heteroatoms. The summed E-state index contributed by atoms with van der Waals surface area (Å²) < 4.78 is 27.5. The molecule has 4 aromatic rings. The summed E-state index contributed by atoms with van der Waals surface area (Å²) in [5, 5.41) is 0.888. The van der Waals surface area contributed by atoms with E-state index in [1.807, 2.05) is 56.3 Å². The highest BCUT2D eigenvalue weighted by Gasteiger charge is 2.21. The molecule has 1 atom stereocenters. The summed E-state index contributed by atoms with van der Waals surface area (Å²) in [4.78, 5) is 0.271. The molecule has 0 radical (unpaired) electrons. The fourth-order valence-electron chi connectivity index (χ4n) is 3.44. The Bertz CT molecular complexity index is 1240. The van der Waals surface area contributed by atoms with Crippen molar-refractivity contribution in [2.24, 2.45) is 5.73 Å². The molecule has 0 aliphatic carbocycles. The average Bonchev–Trinajstić information content (AvgIpc) is 3.05. The number of aryl methyl sites for hydroxylation is 2. The maximum atomic E-state index is 13.1. The molecule has 3 aromatic carbocycles. The van der Waals surface area contributed by atoms with Gasteiger partial charge in [0.05, 0.1) is 16.5 Å². The lowest BCUT2D eigenvalue weighted by Crippen LogP contribution is -2.13. The molecule has 0 saturated carbocycles. The summed E-state index contributed by atoms with van der Waals surface area (Å²) in [7, 11) is -3.65. The van der Waals surface area contributed by atoms with Gasteiger partial charge in [-0.05, 0) is 54.8 Å². The maximum absolute atomic E-state index is 13.1. The van der Waals surface area contributed by atoms with Crippen molar-refractivity contribution in [2.75, 3.05) is 0 Å². The van der Waals surface area contributed by atoms with Crippen LogP contribution < -0.4 is 5.73 Å². The van der Waals surface area contributed by atoms with Crippen LogP contribution in [0.15, 0.2) is 83.9 Å². The summed E-state index contributed by atoms with van der Waals surface area (Å²) in [5.41, 5.74) is 11.2. The summed E-state index contributed by atoms with van der Waals surface area (Å²) in [6, 6.07) is 22.1. The molecule has 0 aliphatic rings. The Morgan fingerprint density at radius 2 is 1.50 bits per heavy atom. The van der Waals surface area contributed by atoms with E-state index in [0.717, 1.165) is 22.1 Å². The van der Waals surface area contributed by atoms with Gasteiger partial charge in [0.15, 0.2) is 0 Å². The van der Waals surface area contributed by atoms with Crippen LogP contribution >= 0.6 is 0 Å². The molecular weight excluding hydrogens is 368 g/mol. The molecule has 28 heavy (non-hydrogen) atoms. The third kappa shape index (κ3) is 3.13. The van der Waals surface area contributed by atoms with E-state index in [1.54, 1.807) is 36.5 Å². The van der Waals surface area contributed by atoms with Gasteiger partial charge in [0.1, 0.15) is 0 Å². The SMILES string of the molecule is Cc1ccc(C(N)c2ccc3c(c2)c(C)cn3S(=O)(=O)c2ccccc2)cc1. The first-order chi connectivity index (χ1) is 13.4. The molecular formula is C23H22N2O2S. The van der Waals surface area contributed by atoms with E-state index in [4.69, 9.17) is 5.73 Å². The minimum absolute atomic E-state index is 0.265. The Morgan fingerprint density at radius 3 is 2.18 bits per heavy atom. The summed E-state index contributed by atoms with van der Waals surface area (Å²) in [6.07, 6.45) is 1.67. The second kappa shape index (κ2) is 6.93. The minimum atomic E-state index is -3.65. The molecule has 1 unspecified atom stereocenters. The zero-order valence-corrected chi connectivity index (χ0v) is 16.6. The van der Waals surface area contributed by atoms with Gasteiger partial charge in [0.2, 0.25) is 0 Å². The molecule has 2 N–H and O–H groups in total. The van der Waals surface area contributed by atoms with Gasteiger partial charge in [-0.3, -0.25) is 0 Å². The van der Waals surface area contributed by atoms with Crippen LogP contribution in [0.25, 0.3) is 10.9 Å². The summed E-state index contributed by atoms with van der Waals surface area (Å²) in [5.74, 6) is 0. The van der Waals surface area contributed by atoms with E-state index in [1.165, 1.54) is 9.54 Å². The standard InChI is InChI=1S/C23H22N2O2S/c1-16-8-10-18(11-9-16)23(24)19-12-13-22-21(14-19)17(2)15-25(22)28(26,27)20-6-4-3-5-7-20/h3-15,23H,24H2,1-2H3. The zero-order valence-electron chi connectivity index (χ0n) is 15.8. The van der Waals surface area contributed by atoms with Crippen LogP contribution in [0.1, 0.15) is 28.3 Å². The van der Waals surface area contributed by atoms with Crippen molar-refractivity contribution in [2.45, 2.75) is 24.8 Å². The smallest absolute Gasteiger partial charge is 0.268 e. The Balaban J connectivity index is 1.80. The van der Waals surface area contributed by atoms with Crippen LogP contribution in [0, 0.1) is 13.8 Å². The molecule has 0 fully saturated rings. The van der Waals surface area contributed by atoms with Crippen molar-refractivity contribution in [3.05, 3.63) is 101 Å². The number of nitrogens with zero attached hydrogens (tertiary/aromatic N) is 1. The second-order valence-corrected chi connectivity index (χ2v) is 8.91. The third-order valence-corrected chi connectivity index (χ3v) is 6.78. The monoisotopic (exact) mass is 390 g/mol. The maximum Gasteiger partial charge on any atom is 0.268 e. The predicted octanol–water partition coefficient (Wildman–Crippen LogP) is 4.54. The Labute approximate surface area is 165 Å². The van der Waals surface area contributed by atoms with Gasteiger partial charge >= 0.3 is 0 Å². The first-order valence-corrected chi connectivity index (χ1v) is 10.6. The predicted molar refractivity (Wildman–Crippen MR) is 113 cm³/mol. The molecule has 4 rings (SSSR count). The molecule has 0 aliphatic heterocycles. The fraction of sp³-hybridized carbons (Fsp3) is 0.130. The molecule has 4 nitrogen and oxygen atoms in total. The number of hydrogen-bond acceptors (Lipinski definition) is 3. The van der Waals surface area contributed by atoms with Crippen molar-refractivity contribution < 1.29 is 8.42 Å². The Hall–Kier alpha value is -2.89. The number of fused-ring (bicyclic) bond motifs is 1. The molecule has 142 valence electrons. The van der Waals surface area contributed by atoms with Gasteiger partial charge in [0.25, 0.3) is 10.0 Å². The van der Waals surface area contributed by atoms with E-state index in [-0.39, 0.29) is 10.9 Å². The lowest BCUT2D eigenvalue weighted by atomic mass is 9.97. The van der Waals surface area contributed by atoms with Gasteiger partial charge in [-0.25, -0.2) is 12.4 Å². The first kappa shape index (κ1) is 18.5. The lowest BCUT2D eigenvalue weighted by Gasteiger charge is -2.14. The average molecular weight is 391 g/mol. The number of rotatable bonds is 4. The highest BCUT2D eigenvalue weighted by Crippen LogP contribution is 2.29. The topological polar surface area (TPSA) is 65.1 Å². The van der Waals surface area contributed by atoms with Gasteiger partial charge in [-0.15, -0.1) is 0 Å². The molecule has 0 saturated heterocycles. The van der Waals surface area contributed by atoms with Crippen LogP contribution in [0.4, 0.5) is 0 Å². The quantitative estimate of drug-likeness (QED) is 0.556. The van der Waals surface area contributed by atoms with Gasteiger partial charge in [-0.2, -0.15) is 0 Å². The van der Waals surface area contributed by atoms with Crippen LogP contribution in [0.5, 0.6) is 0 Å². The second-order valence-electron chi connectivity index (χ2n) is 7.09. The van der Waals surface area contributed by atoms with Crippen LogP contribution in [0.3, 0.4) is 0 Å². The normalized spacial score (nSPS) is 13.0. The van der Waals surface area contributed by atoms with E-state index in [2.05, 4.69) is 0 Å². The number of hydrogen-bond donors (Lipinski definition) is 1. The van der Waals surface area contributed by atoms with Crippen molar-refractivity contribution >= 4 is 20.9 Å². The lowest BCUT2D eigenvalue weighted by molar-refractivity contribution is 0.589. The number of aromatic nitrogens is 1. The van der Waals surface area contributed by atoms with E-state index in [9.17, 15) is 8.42 Å². The zero-order chi connectivity index (χ0) is 19.9. The van der Waals surface area contributed by atoms with Crippen LogP contribution in [-0.4, -0.2) is 12.4 Å². The van der Waals surface area contributed by atoms with Crippen molar-refractivity contribution in [1.29, 1.82) is 0 Å². The van der Waals surface area contributed by atoms with Crippen LogP contribution in [-0.2, 0) is 10.0 Å². The van der Waals surface area contributed by atoms with Crippen molar-refractivity contribution in [1.82, 2.24) is 3.97 Å². The Morgan fingerprint density at radius 1 is 0.857 bits per heavy atom. The van der Waals surface area contributed by atoms with E-state index in [0.29, 0.717) is 5.52 Å². The number of benzene rings is 3. The van der Waals surface area contributed by atoms with Crippen LogP contribution in [0.2, 0.25) is 0 Å². The molecule has 1 aromatic heterocycles.